The summed E-state index contributed by atoms with van der Waals surface area (Å²) in [5, 5.41) is 3.29. The predicted octanol–water partition coefficient (Wildman–Crippen LogP) is 6.92. The van der Waals surface area contributed by atoms with Gasteiger partial charge in [-0.2, -0.15) is 0 Å². The summed E-state index contributed by atoms with van der Waals surface area (Å²) in [4.78, 5) is 39.3. The van der Waals surface area contributed by atoms with E-state index in [9.17, 15) is 14.4 Å². The number of anilines is 1. The molecule has 39 heavy (non-hydrogen) atoms. The van der Waals surface area contributed by atoms with Gasteiger partial charge in [-0.1, -0.05) is 53.0 Å². The van der Waals surface area contributed by atoms with Crippen molar-refractivity contribution in [3.8, 4) is 17.2 Å². The number of benzene rings is 3. The Bertz CT molecular complexity index is 1480. The van der Waals surface area contributed by atoms with E-state index in [2.05, 4.69) is 5.32 Å². The maximum absolute atomic E-state index is 13.1. The third kappa shape index (κ3) is 6.80. The minimum absolute atomic E-state index is 0.105. The molecule has 4 rings (SSSR count). The van der Waals surface area contributed by atoms with Gasteiger partial charge in [0.25, 0.3) is 11.1 Å². The van der Waals surface area contributed by atoms with E-state index in [0.717, 1.165) is 16.7 Å². The lowest BCUT2D eigenvalue weighted by Crippen LogP contribution is -2.36. The van der Waals surface area contributed by atoms with Gasteiger partial charge in [-0.05, 0) is 54.2 Å². The van der Waals surface area contributed by atoms with Crippen molar-refractivity contribution in [3.05, 3.63) is 85.7 Å². The van der Waals surface area contributed by atoms with Crippen molar-refractivity contribution in [2.75, 3.05) is 26.1 Å². The molecule has 0 aromatic heterocycles. The van der Waals surface area contributed by atoms with Crippen LogP contribution in [0.15, 0.2) is 59.5 Å². The van der Waals surface area contributed by atoms with Crippen molar-refractivity contribution in [1.29, 1.82) is 0 Å². The molecule has 3 aromatic rings. The normalized spacial score (nSPS) is 14.1. The van der Waals surface area contributed by atoms with E-state index in [1.807, 2.05) is 0 Å². The predicted molar refractivity (Wildman–Crippen MR) is 153 cm³/mol. The monoisotopic (exact) mass is 606 g/mol. The first-order valence-electron chi connectivity index (χ1n) is 11.3. The zero-order chi connectivity index (χ0) is 28.1. The Morgan fingerprint density at radius 1 is 0.974 bits per heavy atom. The molecule has 0 bridgehead atoms. The first-order chi connectivity index (χ1) is 18.7. The molecule has 1 saturated heterocycles. The second kappa shape index (κ2) is 12.7. The highest BCUT2D eigenvalue weighted by molar-refractivity contribution is 8.18. The van der Waals surface area contributed by atoms with E-state index in [1.165, 1.54) is 26.4 Å². The molecule has 1 fully saturated rings. The number of hydrogen-bond donors (Lipinski definition) is 1. The highest BCUT2D eigenvalue weighted by atomic mass is 35.5. The molecule has 1 aliphatic rings. The molecule has 3 amide bonds. The third-order valence-electron chi connectivity index (χ3n) is 5.51. The standard InChI is InChI=1S/C27H21Cl3N2O6S/c1-36-21-9-8-18(12-20(21)30)31-24(33)13-32-26(34)23(39-27(32)35)10-15-4-3-5-22(37-2)25(15)38-14-16-6-7-17(28)11-19(16)29/h3-12H,13-14H2,1-2H3,(H,31,33)/b23-10+. The summed E-state index contributed by atoms with van der Waals surface area (Å²) < 4.78 is 16.6. The fourth-order valence-corrected chi connectivity index (χ4v) is 5.17. The number of rotatable bonds is 9. The van der Waals surface area contributed by atoms with Crippen LogP contribution in [0, 0.1) is 0 Å². The fraction of sp³-hybridized carbons (Fsp3) is 0.148. The van der Waals surface area contributed by atoms with Crippen LogP contribution in [0.5, 0.6) is 17.2 Å². The number of imide groups is 1. The van der Waals surface area contributed by atoms with Crippen LogP contribution in [0.1, 0.15) is 11.1 Å². The van der Waals surface area contributed by atoms with Crippen molar-refractivity contribution >= 4 is 75.4 Å². The van der Waals surface area contributed by atoms with Crippen LogP contribution >= 0.6 is 46.6 Å². The van der Waals surface area contributed by atoms with E-state index in [1.54, 1.807) is 48.5 Å². The van der Waals surface area contributed by atoms with Gasteiger partial charge >= 0.3 is 0 Å². The minimum Gasteiger partial charge on any atom is -0.495 e. The summed E-state index contributed by atoms with van der Waals surface area (Å²) in [7, 11) is 2.96. The fourth-order valence-electron chi connectivity index (χ4n) is 3.62. The Kier molecular flexibility index (Phi) is 9.29. The van der Waals surface area contributed by atoms with Gasteiger partial charge in [-0.25, -0.2) is 0 Å². The first kappa shape index (κ1) is 28.6. The van der Waals surface area contributed by atoms with Gasteiger partial charge in [0, 0.05) is 26.9 Å². The van der Waals surface area contributed by atoms with Gasteiger partial charge in [0.05, 0.1) is 24.1 Å². The Balaban J connectivity index is 1.50. The highest BCUT2D eigenvalue weighted by Gasteiger charge is 2.36. The molecular formula is C27H21Cl3N2O6S. The van der Waals surface area contributed by atoms with Crippen molar-refractivity contribution < 1.29 is 28.6 Å². The summed E-state index contributed by atoms with van der Waals surface area (Å²) in [6.07, 6.45) is 1.52. The number of amides is 3. The first-order valence-corrected chi connectivity index (χ1v) is 13.3. The third-order valence-corrected chi connectivity index (χ3v) is 7.30. The number of nitrogens with zero attached hydrogens (tertiary/aromatic N) is 1. The zero-order valence-corrected chi connectivity index (χ0v) is 23.7. The van der Waals surface area contributed by atoms with E-state index >= 15 is 0 Å². The summed E-state index contributed by atoms with van der Waals surface area (Å²) in [5.41, 5.74) is 1.59. The Labute approximate surface area is 243 Å². The van der Waals surface area contributed by atoms with Gasteiger partial charge in [-0.15, -0.1) is 0 Å². The van der Waals surface area contributed by atoms with Gasteiger partial charge in [0.2, 0.25) is 5.91 Å². The lowest BCUT2D eigenvalue weighted by Gasteiger charge is -2.15. The molecule has 0 atom stereocenters. The number of nitrogens with one attached hydrogen (secondary N) is 1. The number of thioether (sulfide) groups is 1. The second-order valence-corrected chi connectivity index (χ2v) is 10.3. The molecule has 0 unspecified atom stereocenters. The maximum atomic E-state index is 13.1. The summed E-state index contributed by atoms with van der Waals surface area (Å²) in [6, 6.07) is 14.9. The van der Waals surface area contributed by atoms with E-state index in [4.69, 9.17) is 49.0 Å². The molecular weight excluding hydrogens is 587 g/mol. The molecule has 1 aliphatic heterocycles. The molecule has 202 valence electrons. The topological polar surface area (TPSA) is 94.2 Å². The smallest absolute Gasteiger partial charge is 0.294 e. The van der Waals surface area contributed by atoms with Crippen LogP contribution in [0.3, 0.4) is 0 Å². The van der Waals surface area contributed by atoms with Crippen molar-refractivity contribution in [2.45, 2.75) is 6.61 Å². The van der Waals surface area contributed by atoms with Crippen molar-refractivity contribution in [1.82, 2.24) is 4.90 Å². The number of hydrogen-bond acceptors (Lipinski definition) is 7. The molecule has 1 heterocycles. The Hall–Kier alpha value is -3.37. The second-order valence-electron chi connectivity index (χ2n) is 8.07. The van der Waals surface area contributed by atoms with E-state index in [-0.39, 0.29) is 11.5 Å². The largest absolute Gasteiger partial charge is 0.495 e. The number of carbonyl (C=O) groups is 3. The molecule has 3 aromatic carbocycles. The maximum Gasteiger partial charge on any atom is 0.294 e. The number of para-hydroxylation sites is 1. The number of methoxy groups -OCH3 is 2. The summed E-state index contributed by atoms with van der Waals surface area (Å²) in [6.45, 7) is -0.365. The Morgan fingerprint density at radius 3 is 2.44 bits per heavy atom. The number of carbonyl (C=O) groups excluding carboxylic acids is 3. The van der Waals surface area contributed by atoms with Gasteiger partial charge in [0.1, 0.15) is 18.9 Å². The van der Waals surface area contributed by atoms with Crippen LogP contribution in [-0.2, 0) is 16.2 Å². The quantitative estimate of drug-likeness (QED) is 0.264. The van der Waals surface area contributed by atoms with Crippen LogP contribution in [-0.4, -0.2) is 42.7 Å². The van der Waals surface area contributed by atoms with Crippen LogP contribution in [0.25, 0.3) is 6.08 Å². The van der Waals surface area contributed by atoms with Crippen LogP contribution in [0.2, 0.25) is 15.1 Å². The van der Waals surface area contributed by atoms with Crippen molar-refractivity contribution in [2.24, 2.45) is 0 Å². The molecule has 1 N–H and O–H groups in total. The SMILES string of the molecule is COc1ccc(NC(=O)CN2C(=O)S/C(=C/c3cccc(OC)c3OCc3ccc(Cl)cc3Cl)C2=O)cc1Cl. The van der Waals surface area contributed by atoms with Crippen LogP contribution < -0.4 is 19.5 Å². The Morgan fingerprint density at radius 2 is 1.74 bits per heavy atom. The average Bonchev–Trinajstić information content (AvgIpc) is 3.16. The van der Waals surface area contributed by atoms with Crippen molar-refractivity contribution in [3.63, 3.8) is 0 Å². The molecule has 0 radical (unpaired) electrons. The van der Waals surface area contributed by atoms with E-state index < -0.39 is 23.6 Å². The van der Waals surface area contributed by atoms with E-state index in [0.29, 0.717) is 49.1 Å². The number of halogens is 3. The van der Waals surface area contributed by atoms with Gasteiger partial charge < -0.3 is 19.5 Å². The zero-order valence-electron chi connectivity index (χ0n) is 20.6. The summed E-state index contributed by atoms with van der Waals surface area (Å²) >= 11 is 19.1. The number of ether oxygens (including phenoxy) is 3. The molecule has 0 spiro atoms. The summed E-state index contributed by atoms with van der Waals surface area (Å²) in [5.74, 6) is 0.0490. The lowest BCUT2D eigenvalue weighted by molar-refractivity contribution is -0.127. The average molecular weight is 608 g/mol. The van der Waals surface area contributed by atoms with Crippen LogP contribution in [0.4, 0.5) is 10.5 Å². The van der Waals surface area contributed by atoms with Gasteiger partial charge in [-0.3, -0.25) is 19.3 Å². The minimum atomic E-state index is -0.609. The highest BCUT2D eigenvalue weighted by Crippen LogP contribution is 2.38. The van der Waals surface area contributed by atoms with Gasteiger partial charge in [0.15, 0.2) is 11.5 Å². The molecule has 0 saturated carbocycles. The molecule has 12 heteroatoms. The lowest BCUT2D eigenvalue weighted by atomic mass is 10.1. The molecule has 8 nitrogen and oxygen atoms in total. The molecule has 0 aliphatic carbocycles.